The molecule has 4 atom stereocenters. The van der Waals surface area contributed by atoms with Crippen LogP contribution in [0.3, 0.4) is 0 Å². The second kappa shape index (κ2) is 5.85. The van der Waals surface area contributed by atoms with E-state index in [-0.39, 0.29) is 18.2 Å². The minimum absolute atomic E-state index is 0.296. The molecule has 0 bridgehead atoms. The lowest BCUT2D eigenvalue weighted by molar-refractivity contribution is -0.249. The first-order valence-electron chi connectivity index (χ1n) is 7.75. The monoisotopic (exact) mass is 306 g/mol. The Bertz CT molecular complexity index is 565. The summed E-state index contributed by atoms with van der Waals surface area (Å²) in [4.78, 5) is 15.4. The van der Waals surface area contributed by atoms with E-state index >= 15 is 0 Å². The number of nitrogen functional groups attached to an aromatic ring is 1. The van der Waals surface area contributed by atoms with Crippen molar-refractivity contribution in [1.82, 2.24) is 4.98 Å². The topological polar surface area (TPSA) is 94.7 Å². The van der Waals surface area contributed by atoms with Gasteiger partial charge in [-0.2, -0.15) is 0 Å². The maximum absolute atomic E-state index is 11.4. The lowest BCUT2D eigenvalue weighted by atomic mass is 9.74. The second-order valence-corrected chi connectivity index (χ2v) is 6.19. The van der Waals surface area contributed by atoms with Gasteiger partial charge in [0.15, 0.2) is 0 Å². The lowest BCUT2D eigenvalue weighted by Gasteiger charge is -2.50. The summed E-state index contributed by atoms with van der Waals surface area (Å²) >= 11 is 0. The molecule has 6 heteroatoms. The van der Waals surface area contributed by atoms with Crippen LogP contribution in [0.15, 0.2) is 18.5 Å². The third kappa shape index (κ3) is 2.68. The molecule has 2 fully saturated rings. The van der Waals surface area contributed by atoms with Crippen molar-refractivity contribution in [3.05, 3.63) is 24.0 Å². The van der Waals surface area contributed by atoms with Crippen LogP contribution in [-0.2, 0) is 14.3 Å². The van der Waals surface area contributed by atoms with Crippen molar-refractivity contribution in [2.24, 2.45) is 0 Å². The summed E-state index contributed by atoms with van der Waals surface area (Å²) < 4.78 is 11.6. The average Bonchev–Trinajstić information content (AvgIpc) is 2.48. The zero-order chi connectivity index (χ0) is 15.7. The van der Waals surface area contributed by atoms with Crippen molar-refractivity contribution in [2.45, 2.75) is 62.9 Å². The second-order valence-electron chi connectivity index (χ2n) is 6.19. The van der Waals surface area contributed by atoms with Crippen LogP contribution in [-0.4, -0.2) is 33.9 Å². The Labute approximate surface area is 129 Å². The van der Waals surface area contributed by atoms with Crippen LogP contribution in [0.25, 0.3) is 0 Å². The Morgan fingerprint density at radius 2 is 2.36 bits per heavy atom. The highest BCUT2D eigenvalue weighted by Crippen LogP contribution is 2.46. The molecule has 120 valence electrons. The van der Waals surface area contributed by atoms with E-state index in [4.69, 9.17) is 15.2 Å². The molecule has 0 spiro atoms. The number of carbonyl (C=O) groups excluding carboxylic acids is 1. The van der Waals surface area contributed by atoms with E-state index in [0.717, 1.165) is 24.8 Å². The maximum Gasteiger partial charge on any atom is 0.303 e. The molecule has 22 heavy (non-hydrogen) atoms. The molecule has 2 heterocycles. The highest BCUT2D eigenvalue weighted by molar-refractivity contribution is 5.66. The SMILES string of the molecule is CC(=O)O[C@H]1C[C@@H](c2ccncc2N)O[C@H]2CCCC[C@]12O. The van der Waals surface area contributed by atoms with E-state index in [0.29, 0.717) is 18.5 Å². The van der Waals surface area contributed by atoms with Gasteiger partial charge in [-0.25, -0.2) is 0 Å². The van der Waals surface area contributed by atoms with Crippen LogP contribution in [0, 0.1) is 0 Å². The summed E-state index contributed by atoms with van der Waals surface area (Å²) in [6.45, 7) is 1.37. The number of nitrogens with two attached hydrogens (primary N) is 1. The number of fused-ring (bicyclic) bond motifs is 1. The zero-order valence-electron chi connectivity index (χ0n) is 12.7. The van der Waals surface area contributed by atoms with Gasteiger partial charge in [-0.3, -0.25) is 9.78 Å². The summed E-state index contributed by atoms with van der Waals surface area (Å²) in [6.07, 6.45) is 5.71. The van der Waals surface area contributed by atoms with Gasteiger partial charge in [0.1, 0.15) is 11.7 Å². The van der Waals surface area contributed by atoms with E-state index in [1.54, 1.807) is 12.4 Å². The van der Waals surface area contributed by atoms with Gasteiger partial charge in [0.2, 0.25) is 0 Å². The third-order valence-electron chi connectivity index (χ3n) is 4.71. The third-order valence-corrected chi connectivity index (χ3v) is 4.71. The summed E-state index contributed by atoms with van der Waals surface area (Å²) in [5.74, 6) is -0.383. The Balaban J connectivity index is 1.90. The van der Waals surface area contributed by atoms with Crippen LogP contribution in [0.5, 0.6) is 0 Å². The average molecular weight is 306 g/mol. The lowest BCUT2D eigenvalue weighted by Crippen LogP contribution is -2.60. The minimum Gasteiger partial charge on any atom is -0.459 e. The summed E-state index contributed by atoms with van der Waals surface area (Å²) in [7, 11) is 0. The standard InChI is InChI=1S/C16H22N2O4/c1-10(19)21-15-8-13(11-5-7-18-9-12(11)17)22-14-4-2-3-6-16(14,15)20/h5,7,9,13-15,20H,2-4,6,8,17H2,1H3/t13-,14-,15-,16+/m0/s1. The molecule has 0 aromatic carbocycles. The summed E-state index contributed by atoms with van der Waals surface area (Å²) in [6, 6.07) is 1.82. The number of hydrogen-bond donors (Lipinski definition) is 2. The number of ether oxygens (including phenoxy) is 2. The molecule has 1 aliphatic carbocycles. The molecule has 1 saturated heterocycles. The van der Waals surface area contributed by atoms with E-state index in [2.05, 4.69) is 4.98 Å². The zero-order valence-corrected chi connectivity index (χ0v) is 12.7. The van der Waals surface area contributed by atoms with Gasteiger partial charge >= 0.3 is 5.97 Å². The maximum atomic E-state index is 11.4. The van der Waals surface area contributed by atoms with Crippen molar-refractivity contribution >= 4 is 11.7 Å². The van der Waals surface area contributed by atoms with E-state index < -0.39 is 11.7 Å². The van der Waals surface area contributed by atoms with Gasteiger partial charge in [-0.05, 0) is 18.9 Å². The Morgan fingerprint density at radius 1 is 1.55 bits per heavy atom. The fourth-order valence-corrected chi connectivity index (χ4v) is 3.62. The molecule has 0 radical (unpaired) electrons. The molecule has 6 nitrogen and oxygen atoms in total. The van der Waals surface area contributed by atoms with Gasteiger partial charge in [0, 0.05) is 25.1 Å². The number of aliphatic hydroxyl groups is 1. The molecule has 0 amide bonds. The fraction of sp³-hybridized carbons (Fsp3) is 0.625. The van der Waals surface area contributed by atoms with Gasteiger partial charge in [-0.1, -0.05) is 12.8 Å². The highest BCUT2D eigenvalue weighted by atomic mass is 16.6. The van der Waals surface area contributed by atoms with Gasteiger partial charge in [0.25, 0.3) is 0 Å². The van der Waals surface area contributed by atoms with Crippen LogP contribution < -0.4 is 5.73 Å². The first kappa shape index (κ1) is 15.2. The molecular weight excluding hydrogens is 284 g/mol. The van der Waals surface area contributed by atoms with Crippen molar-refractivity contribution in [3.8, 4) is 0 Å². The smallest absolute Gasteiger partial charge is 0.303 e. The van der Waals surface area contributed by atoms with Crippen LogP contribution in [0.1, 0.15) is 50.7 Å². The van der Waals surface area contributed by atoms with E-state index in [9.17, 15) is 9.90 Å². The van der Waals surface area contributed by atoms with E-state index in [1.807, 2.05) is 6.07 Å². The first-order valence-corrected chi connectivity index (χ1v) is 7.75. The quantitative estimate of drug-likeness (QED) is 0.808. The number of nitrogens with zero attached hydrogens (tertiary/aromatic N) is 1. The molecule has 2 aliphatic rings. The van der Waals surface area contributed by atoms with Crippen molar-refractivity contribution < 1.29 is 19.4 Å². The molecule has 1 saturated carbocycles. The Hall–Kier alpha value is -1.66. The molecular formula is C16H22N2O4. The highest BCUT2D eigenvalue weighted by Gasteiger charge is 2.53. The first-order chi connectivity index (χ1) is 10.5. The Morgan fingerprint density at radius 3 is 3.09 bits per heavy atom. The fourth-order valence-electron chi connectivity index (χ4n) is 3.62. The largest absolute Gasteiger partial charge is 0.459 e. The molecule has 3 rings (SSSR count). The van der Waals surface area contributed by atoms with Crippen LogP contribution in [0.4, 0.5) is 5.69 Å². The number of carbonyl (C=O) groups is 1. The predicted molar refractivity (Wildman–Crippen MR) is 79.9 cm³/mol. The Kier molecular flexibility index (Phi) is 4.06. The summed E-state index contributed by atoms with van der Waals surface area (Å²) in [5.41, 5.74) is 6.28. The van der Waals surface area contributed by atoms with Gasteiger partial charge < -0.3 is 20.3 Å². The number of pyridine rings is 1. The number of rotatable bonds is 2. The molecule has 3 N–H and O–H groups in total. The number of hydrogen-bond acceptors (Lipinski definition) is 6. The van der Waals surface area contributed by atoms with Crippen LogP contribution in [0.2, 0.25) is 0 Å². The van der Waals surface area contributed by atoms with Crippen molar-refractivity contribution in [3.63, 3.8) is 0 Å². The normalized spacial score (nSPS) is 34.7. The molecule has 0 unspecified atom stereocenters. The molecule has 1 aliphatic heterocycles. The number of aromatic nitrogens is 1. The number of esters is 1. The number of anilines is 1. The van der Waals surface area contributed by atoms with Gasteiger partial charge in [-0.15, -0.1) is 0 Å². The van der Waals surface area contributed by atoms with Crippen molar-refractivity contribution in [2.75, 3.05) is 5.73 Å². The summed E-state index contributed by atoms with van der Waals surface area (Å²) in [5, 5.41) is 11.0. The molecule has 1 aromatic heterocycles. The van der Waals surface area contributed by atoms with E-state index in [1.165, 1.54) is 6.92 Å². The van der Waals surface area contributed by atoms with Crippen LogP contribution >= 0.6 is 0 Å². The van der Waals surface area contributed by atoms with Crippen molar-refractivity contribution in [1.29, 1.82) is 0 Å². The molecule has 1 aromatic rings. The predicted octanol–water partition coefficient (Wildman–Crippen LogP) is 1.73. The van der Waals surface area contributed by atoms with Gasteiger partial charge in [0.05, 0.1) is 24.1 Å². The minimum atomic E-state index is -1.10.